The molecule has 0 heterocycles. The van der Waals surface area contributed by atoms with Gasteiger partial charge in [0.15, 0.2) is 0 Å². The first-order valence-corrected chi connectivity index (χ1v) is 6.54. The van der Waals surface area contributed by atoms with E-state index in [0.29, 0.717) is 6.42 Å². The Labute approximate surface area is 109 Å². The van der Waals surface area contributed by atoms with E-state index < -0.39 is 0 Å². The minimum absolute atomic E-state index is 0.0277. The lowest BCUT2D eigenvalue weighted by Crippen LogP contribution is -2.35. The maximum Gasteiger partial charge on any atom is 0.225 e. The molecule has 0 aliphatic heterocycles. The Morgan fingerprint density at radius 1 is 1.33 bits per heavy atom. The molecule has 3 nitrogen and oxygen atoms in total. The van der Waals surface area contributed by atoms with Gasteiger partial charge in [-0.1, -0.05) is 44.2 Å². The minimum Gasteiger partial charge on any atom is -0.396 e. The third kappa shape index (κ3) is 3.57. The molecular weight excluding hydrogens is 226 g/mol. The van der Waals surface area contributed by atoms with Crippen LogP contribution in [0.2, 0.25) is 0 Å². The summed E-state index contributed by atoms with van der Waals surface area (Å²) < 4.78 is 0. The van der Waals surface area contributed by atoms with Crippen molar-refractivity contribution in [3.63, 3.8) is 0 Å². The molecule has 0 aromatic heterocycles. The van der Waals surface area contributed by atoms with Crippen molar-refractivity contribution >= 4 is 5.91 Å². The lowest BCUT2D eigenvalue weighted by molar-refractivity contribution is -0.136. The van der Waals surface area contributed by atoms with Gasteiger partial charge in [0.1, 0.15) is 0 Å². The third-order valence-electron chi connectivity index (χ3n) is 3.44. The first kappa shape index (κ1) is 14.7. The molecule has 0 saturated carbocycles. The first-order chi connectivity index (χ1) is 8.61. The normalized spacial score (nSPS) is 14.0. The fraction of sp³-hybridized carbons (Fsp3) is 0.533. The third-order valence-corrected chi connectivity index (χ3v) is 3.44. The topological polar surface area (TPSA) is 40.5 Å². The number of aliphatic hydroxyl groups is 1. The Morgan fingerprint density at radius 2 is 1.94 bits per heavy atom. The Balaban J connectivity index is 2.88. The molecule has 0 aliphatic carbocycles. The van der Waals surface area contributed by atoms with E-state index >= 15 is 0 Å². The molecule has 0 aliphatic rings. The first-order valence-electron chi connectivity index (χ1n) is 6.54. The van der Waals surface area contributed by atoms with E-state index in [1.165, 1.54) is 0 Å². The van der Waals surface area contributed by atoms with Gasteiger partial charge in [0.2, 0.25) is 5.91 Å². The summed E-state index contributed by atoms with van der Waals surface area (Å²) in [4.78, 5) is 14.0. The summed E-state index contributed by atoms with van der Waals surface area (Å²) in [6.45, 7) is 4.04. The van der Waals surface area contributed by atoms with Crippen LogP contribution in [0.1, 0.15) is 38.3 Å². The van der Waals surface area contributed by atoms with E-state index in [2.05, 4.69) is 0 Å². The molecule has 18 heavy (non-hydrogen) atoms. The molecule has 0 fully saturated rings. The van der Waals surface area contributed by atoms with Crippen LogP contribution in [0, 0.1) is 5.92 Å². The number of carbonyl (C=O) groups is 1. The van der Waals surface area contributed by atoms with Gasteiger partial charge in [-0.3, -0.25) is 4.79 Å². The van der Waals surface area contributed by atoms with E-state index in [1.54, 1.807) is 4.90 Å². The van der Waals surface area contributed by atoms with Gasteiger partial charge in [-0.2, -0.15) is 0 Å². The van der Waals surface area contributed by atoms with Crippen molar-refractivity contribution in [2.45, 2.75) is 32.7 Å². The molecule has 100 valence electrons. The number of carbonyl (C=O) groups excluding carboxylic acids is 1. The highest BCUT2D eigenvalue weighted by Gasteiger charge is 2.23. The zero-order valence-corrected chi connectivity index (χ0v) is 11.5. The summed E-state index contributed by atoms with van der Waals surface area (Å²) in [6, 6.07) is 9.83. The standard InChI is InChI=1S/C15H23NO2/c1-4-12(2)15(18)16(3)14(10-11-17)13-8-6-5-7-9-13/h5-9,12,14,17H,4,10-11H2,1-3H3/t12-,14-/m1/s1. The highest BCUT2D eigenvalue weighted by molar-refractivity contribution is 5.78. The largest absolute Gasteiger partial charge is 0.396 e. The van der Waals surface area contributed by atoms with Crippen LogP contribution in [-0.2, 0) is 4.79 Å². The maximum atomic E-state index is 12.2. The summed E-state index contributed by atoms with van der Waals surface area (Å²) in [6.07, 6.45) is 1.41. The maximum absolute atomic E-state index is 12.2. The fourth-order valence-electron chi connectivity index (χ4n) is 2.06. The zero-order chi connectivity index (χ0) is 13.5. The van der Waals surface area contributed by atoms with Crippen LogP contribution in [0.5, 0.6) is 0 Å². The number of rotatable bonds is 6. The second kappa shape index (κ2) is 7.17. The molecular formula is C15H23NO2. The van der Waals surface area contributed by atoms with Crippen LogP contribution in [0.15, 0.2) is 30.3 Å². The molecule has 0 saturated heterocycles. The van der Waals surface area contributed by atoms with Crippen LogP contribution in [0.4, 0.5) is 0 Å². The van der Waals surface area contributed by atoms with Crippen LogP contribution in [0.3, 0.4) is 0 Å². The van der Waals surface area contributed by atoms with Crippen molar-refractivity contribution in [2.24, 2.45) is 5.92 Å². The van der Waals surface area contributed by atoms with E-state index in [4.69, 9.17) is 0 Å². The quantitative estimate of drug-likeness (QED) is 0.842. The number of aliphatic hydroxyl groups excluding tert-OH is 1. The van der Waals surface area contributed by atoms with Crippen molar-refractivity contribution in [3.8, 4) is 0 Å². The lowest BCUT2D eigenvalue weighted by Gasteiger charge is -2.30. The molecule has 0 unspecified atom stereocenters. The predicted octanol–water partition coefficient (Wildman–Crippen LogP) is 2.61. The summed E-state index contributed by atoms with van der Waals surface area (Å²) in [7, 11) is 1.82. The van der Waals surface area contributed by atoms with Crippen molar-refractivity contribution in [1.82, 2.24) is 4.90 Å². The molecule has 0 bridgehead atoms. The Morgan fingerprint density at radius 3 is 2.44 bits per heavy atom. The highest BCUT2D eigenvalue weighted by atomic mass is 16.3. The van der Waals surface area contributed by atoms with Crippen LogP contribution < -0.4 is 0 Å². The van der Waals surface area contributed by atoms with Crippen LogP contribution in [0.25, 0.3) is 0 Å². The summed E-state index contributed by atoms with van der Waals surface area (Å²) in [5, 5.41) is 9.19. The molecule has 3 heteroatoms. The van der Waals surface area contributed by atoms with E-state index in [1.807, 2.05) is 51.2 Å². The highest BCUT2D eigenvalue weighted by Crippen LogP contribution is 2.24. The van der Waals surface area contributed by atoms with Gasteiger partial charge in [-0.25, -0.2) is 0 Å². The number of nitrogens with zero attached hydrogens (tertiary/aromatic N) is 1. The molecule has 1 N–H and O–H groups in total. The van der Waals surface area contributed by atoms with Gasteiger partial charge in [-0.05, 0) is 18.4 Å². The van der Waals surface area contributed by atoms with Gasteiger partial charge in [0.05, 0.1) is 6.04 Å². The van der Waals surface area contributed by atoms with E-state index in [9.17, 15) is 9.90 Å². The second-order valence-corrected chi connectivity index (χ2v) is 4.70. The Hall–Kier alpha value is -1.35. The fourth-order valence-corrected chi connectivity index (χ4v) is 2.06. The molecule has 0 radical (unpaired) electrons. The predicted molar refractivity (Wildman–Crippen MR) is 73.1 cm³/mol. The van der Waals surface area contributed by atoms with Gasteiger partial charge in [-0.15, -0.1) is 0 Å². The molecule has 1 rings (SSSR count). The van der Waals surface area contributed by atoms with Gasteiger partial charge in [0.25, 0.3) is 0 Å². The summed E-state index contributed by atoms with van der Waals surface area (Å²) >= 11 is 0. The molecule has 1 aromatic carbocycles. The number of amides is 1. The molecule has 1 aromatic rings. The summed E-state index contributed by atoms with van der Waals surface area (Å²) in [5.41, 5.74) is 1.07. The number of benzene rings is 1. The zero-order valence-electron chi connectivity index (χ0n) is 11.5. The van der Waals surface area contributed by atoms with Crippen molar-refractivity contribution in [2.75, 3.05) is 13.7 Å². The minimum atomic E-state index is -0.0438. The summed E-state index contributed by atoms with van der Waals surface area (Å²) in [5.74, 6) is 0.166. The Bertz CT molecular complexity index is 364. The Kier molecular flexibility index (Phi) is 5.86. The smallest absolute Gasteiger partial charge is 0.225 e. The molecule has 0 spiro atoms. The van der Waals surface area contributed by atoms with Crippen molar-refractivity contribution < 1.29 is 9.90 Å². The average molecular weight is 249 g/mol. The van der Waals surface area contributed by atoms with E-state index in [-0.39, 0.29) is 24.5 Å². The monoisotopic (exact) mass is 249 g/mol. The van der Waals surface area contributed by atoms with Crippen molar-refractivity contribution in [1.29, 1.82) is 0 Å². The number of hydrogen-bond donors (Lipinski definition) is 1. The average Bonchev–Trinajstić information content (AvgIpc) is 2.43. The second-order valence-electron chi connectivity index (χ2n) is 4.70. The molecule has 2 atom stereocenters. The van der Waals surface area contributed by atoms with Gasteiger partial charge >= 0.3 is 0 Å². The lowest BCUT2D eigenvalue weighted by atomic mass is 10.00. The van der Waals surface area contributed by atoms with E-state index in [0.717, 1.165) is 12.0 Å². The molecule has 1 amide bonds. The number of hydrogen-bond acceptors (Lipinski definition) is 2. The SMILES string of the molecule is CC[C@@H](C)C(=O)N(C)[C@H](CCO)c1ccccc1. The van der Waals surface area contributed by atoms with Gasteiger partial charge in [0, 0.05) is 19.6 Å². The van der Waals surface area contributed by atoms with Crippen LogP contribution >= 0.6 is 0 Å². The van der Waals surface area contributed by atoms with Crippen molar-refractivity contribution in [3.05, 3.63) is 35.9 Å². The van der Waals surface area contributed by atoms with Crippen LogP contribution in [-0.4, -0.2) is 29.6 Å². The van der Waals surface area contributed by atoms with Gasteiger partial charge < -0.3 is 10.0 Å².